The Morgan fingerprint density at radius 1 is 1.58 bits per heavy atom. The molecule has 1 aromatic rings. The fraction of sp³-hybridized carbons (Fsp3) is 0.727. The summed E-state index contributed by atoms with van der Waals surface area (Å²) in [5.41, 5.74) is -0.207. The number of nitrogens with one attached hydrogen (secondary N) is 2. The van der Waals surface area contributed by atoms with Crippen molar-refractivity contribution in [2.75, 3.05) is 19.4 Å². The zero-order valence-corrected chi connectivity index (χ0v) is 12.2. The van der Waals surface area contributed by atoms with E-state index in [1.165, 1.54) is 18.9 Å². The molecular formula is C11H20N4O3S. The Bertz CT molecular complexity index is 457. The average molecular weight is 288 g/mol. The van der Waals surface area contributed by atoms with Gasteiger partial charge in [-0.05, 0) is 19.9 Å². The van der Waals surface area contributed by atoms with Gasteiger partial charge in [0.2, 0.25) is 0 Å². The van der Waals surface area contributed by atoms with Gasteiger partial charge in [0, 0.05) is 12.3 Å². The van der Waals surface area contributed by atoms with Crippen LogP contribution in [0.5, 0.6) is 0 Å². The van der Waals surface area contributed by atoms with Gasteiger partial charge in [0.05, 0.1) is 7.11 Å². The fourth-order valence-corrected chi connectivity index (χ4v) is 2.67. The summed E-state index contributed by atoms with van der Waals surface area (Å²) in [5, 5.41) is 10.1. The van der Waals surface area contributed by atoms with Gasteiger partial charge < -0.3 is 10.1 Å². The Balaban J connectivity index is 2.51. The van der Waals surface area contributed by atoms with Crippen LogP contribution >= 0.6 is 11.8 Å². The molecule has 0 radical (unpaired) electrons. The lowest BCUT2D eigenvalue weighted by molar-refractivity contribution is -0.143. The van der Waals surface area contributed by atoms with Gasteiger partial charge in [-0.2, -0.15) is 0 Å². The molecule has 1 heterocycles. The number of hydrogen-bond acceptors (Lipinski definition) is 6. The third kappa shape index (κ3) is 4.39. The van der Waals surface area contributed by atoms with Gasteiger partial charge in [0.25, 0.3) is 0 Å². The van der Waals surface area contributed by atoms with E-state index < -0.39 is 0 Å². The Morgan fingerprint density at radius 3 is 2.89 bits per heavy atom. The maximum absolute atomic E-state index is 11.5. The van der Waals surface area contributed by atoms with Gasteiger partial charge in [-0.3, -0.25) is 9.36 Å². The van der Waals surface area contributed by atoms with Gasteiger partial charge in [-0.25, -0.2) is 9.89 Å². The minimum Gasteiger partial charge on any atom is -0.468 e. The highest BCUT2D eigenvalue weighted by Crippen LogP contribution is 2.15. The molecule has 1 aromatic heterocycles. The number of carbonyl (C=O) groups excluding carboxylic acids is 1. The molecule has 1 rings (SSSR count). The Labute approximate surface area is 116 Å². The first-order chi connectivity index (χ1) is 9.13. The number of likely N-dealkylation sites (N-methyl/N-ethyl adjacent to an activating group) is 1. The van der Waals surface area contributed by atoms with Crippen LogP contribution < -0.4 is 11.0 Å². The number of ether oxygens (including phenoxy) is 1. The topological polar surface area (TPSA) is 89.0 Å². The molecule has 0 fully saturated rings. The van der Waals surface area contributed by atoms with Crippen molar-refractivity contribution in [1.82, 2.24) is 20.1 Å². The molecular weight excluding hydrogens is 268 g/mol. The molecule has 0 saturated carbocycles. The van der Waals surface area contributed by atoms with Crippen LogP contribution in [0.3, 0.4) is 0 Å². The molecule has 0 amide bonds. The van der Waals surface area contributed by atoms with E-state index in [0.717, 1.165) is 0 Å². The highest BCUT2D eigenvalue weighted by molar-refractivity contribution is 7.99. The van der Waals surface area contributed by atoms with Crippen LogP contribution in [0.25, 0.3) is 0 Å². The van der Waals surface area contributed by atoms with Gasteiger partial charge in [-0.1, -0.05) is 18.7 Å². The van der Waals surface area contributed by atoms with Crippen molar-refractivity contribution in [3.63, 3.8) is 0 Å². The molecule has 0 spiro atoms. The molecule has 0 aliphatic carbocycles. The molecule has 1 unspecified atom stereocenters. The van der Waals surface area contributed by atoms with E-state index in [1.54, 1.807) is 4.57 Å². The molecule has 0 bridgehead atoms. The summed E-state index contributed by atoms with van der Waals surface area (Å²) in [5.74, 6) is 0.411. The van der Waals surface area contributed by atoms with Crippen molar-refractivity contribution >= 4 is 17.7 Å². The van der Waals surface area contributed by atoms with E-state index in [0.29, 0.717) is 30.4 Å². The number of methoxy groups -OCH3 is 1. The van der Waals surface area contributed by atoms with Crippen molar-refractivity contribution in [1.29, 1.82) is 0 Å². The van der Waals surface area contributed by atoms with Crippen molar-refractivity contribution in [2.45, 2.75) is 38.0 Å². The van der Waals surface area contributed by atoms with E-state index in [9.17, 15) is 9.59 Å². The monoisotopic (exact) mass is 288 g/mol. The van der Waals surface area contributed by atoms with Crippen molar-refractivity contribution in [3.05, 3.63) is 10.5 Å². The fourth-order valence-electron chi connectivity index (χ4n) is 1.65. The van der Waals surface area contributed by atoms with Crippen LogP contribution in [-0.2, 0) is 16.1 Å². The number of nitrogens with zero attached hydrogens (tertiary/aromatic N) is 2. The number of carbonyl (C=O) groups is 1. The first-order valence-electron chi connectivity index (χ1n) is 6.23. The van der Waals surface area contributed by atoms with Crippen molar-refractivity contribution in [2.24, 2.45) is 0 Å². The van der Waals surface area contributed by atoms with Gasteiger partial charge in [0.15, 0.2) is 5.16 Å². The smallest absolute Gasteiger partial charge is 0.343 e. The van der Waals surface area contributed by atoms with E-state index in [4.69, 9.17) is 4.74 Å². The molecule has 8 heteroatoms. The number of rotatable bonds is 8. The Kier molecular flexibility index (Phi) is 6.65. The molecule has 2 N–H and O–H groups in total. The van der Waals surface area contributed by atoms with E-state index >= 15 is 0 Å². The van der Waals surface area contributed by atoms with Crippen molar-refractivity contribution < 1.29 is 9.53 Å². The second-order valence-corrected chi connectivity index (χ2v) is 4.89. The number of aromatic amines is 1. The minimum absolute atomic E-state index is 0.207. The quantitative estimate of drug-likeness (QED) is 0.525. The van der Waals surface area contributed by atoms with Gasteiger partial charge in [0.1, 0.15) is 6.04 Å². The highest BCUT2D eigenvalue weighted by atomic mass is 32.2. The summed E-state index contributed by atoms with van der Waals surface area (Å²) >= 11 is 1.45. The van der Waals surface area contributed by atoms with E-state index in [-0.39, 0.29) is 17.7 Å². The molecule has 7 nitrogen and oxygen atoms in total. The zero-order chi connectivity index (χ0) is 14.3. The van der Waals surface area contributed by atoms with Crippen LogP contribution in [0.2, 0.25) is 0 Å². The second kappa shape index (κ2) is 8.00. The number of esters is 1. The minimum atomic E-state index is -0.316. The summed E-state index contributed by atoms with van der Waals surface area (Å²) in [4.78, 5) is 22.9. The van der Waals surface area contributed by atoms with Gasteiger partial charge in [-0.15, -0.1) is 5.10 Å². The van der Waals surface area contributed by atoms with E-state index in [1.807, 2.05) is 13.8 Å². The molecule has 0 aliphatic heterocycles. The maximum Gasteiger partial charge on any atom is 0.343 e. The van der Waals surface area contributed by atoms with Crippen LogP contribution in [0, 0.1) is 0 Å². The number of hydrogen-bond donors (Lipinski definition) is 2. The summed E-state index contributed by atoms with van der Waals surface area (Å²) in [6, 6.07) is -0.316. The number of thioether (sulfide) groups is 1. The van der Waals surface area contributed by atoms with Crippen LogP contribution in [0.15, 0.2) is 9.95 Å². The van der Waals surface area contributed by atoms with Crippen LogP contribution in [0.1, 0.15) is 20.3 Å². The second-order valence-electron chi connectivity index (χ2n) is 3.83. The maximum atomic E-state index is 11.5. The summed E-state index contributed by atoms with van der Waals surface area (Å²) in [7, 11) is 1.38. The SMILES string of the molecule is CCNC(CCSc1n[nH]c(=O)n1CC)C(=O)OC. The molecule has 108 valence electrons. The van der Waals surface area contributed by atoms with Crippen LogP contribution in [0.4, 0.5) is 0 Å². The Hall–Kier alpha value is -1.28. The van der Waals surface area contributed by atoms with Gasteiger partial charge >= 0.3 is 11.7 Å². The zero-order valence-electron chi connectivity index (χ0n) is 11.4. The van der Waals surface area contributed by atoms with Crippen molar-refractivity contribution in [3.8, 4) is 0 Å². The third-order valence-electron chi connectivity index (χ3n) is 2.61. The number of H-pyrrole nitrogens is 1. The van der Waals surface area contributed by atoms with Crippen LogP contribution in [-0.4, -0.2) is 46.2 Å². The highest BCUT2D eigenvalue weighted by Gasteiger charge is 2.18. The molecule has 0 saturated heterocycles. The lowest BCUT2D eigenvalue weighted by Crippen LogP contribution is -2.37. The molecule has 0 aromatic carbocycles. The molecule has 19 heavy (non-hydrogen) atoms. The number of aromatic nitrogens is 3. The summed E-state index contributed by atoms with van der Waals surface area (Å²) in [6.07, 6.45) is 0.621. The lowest BCUT2D eigenvalue weighted by atomic mass is 10.2. The summed E-state index contributed by atoms with van der Waals surface area (Å²) < 4.78 is 6.29. The first-order valence-corrected chi connectivity index (χ1v) is 7.21. The van der Waals surface area contributed by atoms with E-state index in [2.05, 4.69) is 15.5 Å². The predicted molar refractivity (Wildman–Crippen MR) is 73.3 cm³/mol. The molecule has 1 atom stereocenters. The first kappa shape index (κ1) is 15.8. The summed E-state index contributed by atoms with van der Waals surface area (Å²) in [6.45, 7) is 5.10. The predicted octanol–water partition coefficient (Wildman–Crippen LogP) is 0.225. The normalized spacial score (nSPS) is 12.4. The standard InChI is InChI=1S/C11H20N4O3S/c1-4-12-8(9(16)18-3)6-7-19-11-14-13-10(17)15(11)5-2/h8,12H,4-7H2,1-3H3,(H,13,17). The average Bonchev–Trinajstić information content (AvgIpc) is 2.77. The lowest BCUT2D eigenvalue weighted by Gasteiger charge is -2.14. The largest absolute Gasteiger partial charge is 0.468 e. The molecule has 0 aliphatic rings. The third-order valence-corrected chi connectivity index (χ3v) is 3.62. The Morgan fingerprint density at radius 2 is 2.32 bits per heavy atom.